The Bertz CT molecular complexity index is 946. The van der Waals surface area contributed by atoms with Crippen molar-refractivity contribution in [3.8, 4) is 0 Å². The minimum atomic E-state index is 1.10. The van der Waals surface area contributed by atoms with Gasteiger partial charge in [0, 0.05) is 19.2 Å². The number of aromatic nitrogens is 2. The van der Waals surface area contributed by atoms with Crippen molar-refractivity contribution in [2.45, 2.75) is 252 Å². The first kappa shape index (κ1) is 44.6. The van der Waals surface area contributed by atoms with E-state index in [2.05, 4.69) is 54.9 Å². The van der Waals surface area contributed by atoms with Crippen LogP contribution < -0.4 is 0 Å². The Balaban J connectivity index is 1.54. The van der Waals surface area contributed by atoms with Crippen molar-refractivity contribution in [1.82, 2.24) is 9.55 Å². The second kappa shape index (κ2) is 34.5. The second-order valence-corrected chi connectivity index (χ2v) is 16.0. The van der Waals surface area contributed by atoms with Gasteiger partial charge >= 0.3 is 0 Å². The number of rotatable bonds is 38. The third-order valence-electron chi connectivity index (χ3n) is 11.2. The van der Waals surface area contributed by atoms with Crippen LogP contribution in [0.4, 0.5) is 0 Å². The number of hydrogen-bond donors (Lipinski definition) is 0. The normalized spacial score (nSPS) is 11.6. The molecule has 0 spiro atoms. The lowest BCUT2D eigenvalue weighted by molar-refractivity contribution is 0.513. The van der Waals surface area contributed by atoms with Crippen molar-refractivity contribution < 1.29 is 0 Å². The van der Waals surface area contributed by atoms with Crippen LogP contribution in [-0.2, 0) is 25.8 Å². The third-order valence-corrected chi connectivity index (χ3v) is 11.2. The van der Waals surface area contributed by atoms with Crippen LogP contribution in [0.1, 0.15) is 243 Å². The Morgan fingerprint density at radius 2 is 0.760 bits per heavy atom. The summed E-state index contributed by atoms with van der Waals surface area (Å²) in [4.78, 5) is 5.20. The molecule has 2 nitrogen and oxygen atoms in total. The fraction of sp³-hybridized carbons (Fsp3) is 0.812. The zero-order valence-corrected chi connectivity index (χ0v) is 34.0. The van der Waals surface area contributed by atoms with Gasteiger partial charge in [0.25, 0.3) is 0 Å². The minimum Gasteiger partial charge on any atom is -0.335 e. The highest BCUT2D eigenvalue weighted by Crippen LogP contribution is 2.18. The first-order valence-electron chi connectivity index (χ1n) is 22.9. The van der Waals surface area contributed by atoms with Crippen molar-refractivity contribution in [3.05, 3.63) is 53.6 Å². The highest BCUT2D eigenvalue weighted by molar-refractivity contribution is 5.15. The van der Waals surface area contributed by atoms with Crippen LogP contribution in [0.3, 0.4) is 0 Å². The molecule has 0 aliphatic carbocycles. The minimum absolute atomic E-state index is 1.10. The number of imidazole rings is 1. The SMILES string of the molecule is CCCCCCCCCCCCCCCCCCCc1nc(CCCc2ccccc2)cn1CCCCCCCCCCCCCCCCC. The average Bonchev–Trinajstić information content (AvgIpc) is 3.52. The molecule has 0 N–H and O–H groups in total. The van der Waals surface area contributed by atoms with E-state index in [1.54, 1.807) is 0 Å². The summed E-state index contributed by atoms with van der Waals surface area (Å²) in [5.41, 5.74) is 2.78. The lowest BCUT2D eigenvalue weighted by Crippen LogP contribution is -2.03. The summed E-state index contributed by atoms with van der Waals surface area (Å²) in [7, 11) is 0. The van der Waals surface area contributed by atoms with Gasteiger partial charge in [-0.1, -0.05) is 237 Å². The van der Waals surface area contributed by atoms with E-state index in [0.717, 1.165) is 25.8 Å². The Kier molecular flexibility index (Phi) is 30.8. The number of nitrogens with zero attached hydrogens (tertiary/aromatic N) is 2. The Morgan fingerprint density at radius 1 is 0.380 bits per heavy atom. The molecule has 1 heterocycles. The Labute approximate surface area is 313 Å². The second-order valence-electron chi connectivity index (χ2n) is 16.0. The van der Waals surface area contributed by atoms with E-state index >= 15 is 0 Å². The maximum Gasteiger partial charge on any atom is 0.108 e. The molecule has 288 valence electrons. The lowest BCUT2D eigenvalue weighted by atomic mass is 10.0. The summed E-state index contributed by atoms with van der Waals surface area (Å²) in [6.07, 6.45) is 52.8. The van der Waals surface area contributed by atoms with Crippen LogP contribution in [0.25, 0.3) is 0 Å². The number of hydrogen-bond acceptors (Lipinski definition) is 1. The summed E-state index contributed by atoms with van der Waals surface area (Å²) >= 11 is 0. The first-order chi connectivity index (χ1) is 24.8. The van der Waals surface area contributed by atoms with E-state index in [-0.39, 0.29) is 0 Å². The van der Waals surface area contributed by atoms with Crippen molar-refractivity contribution in [2.75, 3.05) is 0 Å². The largest absolute Gasteiger partial charge is 0.335 e. The Morgan fingerprint density at radius 3 is 1.18 bits per heavy atom. The van der Waals surface area contributed by atoms with Gasteiger partial charge in [-0.25, -0.2) is 4.98 Å². The fourth-order valence-corrected chi connectivity index (χ4v) is 7.81. The number of benzene rings is 1. The van der Waals surface area contributed by atoms with E-state index in [1.165, 1.54) is 229 Å². The molecule has 0 aliphatic heterocycles. The molecule has 0 amide bonds. The van der Waals surface area contributed by atoms with E-state index in [4.69, 9.17) is 4.98 Å². The Hall–Kier alpha value is -1.57. The fourth-order valence-electron chi connectivity index (χ4n) is 7.81. The predicted octanol–water partition coefficient (Wildman–Crippen LogP) is 16.1. The molecule has 2 aromatic rings. The summed E-state index contributed by atoms with van der Waals surface area (Å²) in [6, 6.07) is 11.0. The van der Waals surface area contributed by atoms with Gasteiger partial charge in [-0.2, -0.15) is 0 Å². The molecule has 0 saturated carbocycles. The smallest absolute Gasteiger partial charge is 0.108 e. The molecule has 1 aromatic carbocycles. The molecule has 0 radical (unpaired) electrons. The maximum atomic E-state index is 5.20. The standard InChI is InChI=1S/C48H86N2/c1-3-5-7-9-11-13-15-17-19-20-21-23-25-27-29-31-36-43-48-49-47(42-38-41-46-39-34-33-35-40-46)45-50(48)44-37-32-30-28-26-24-22-18-16-14-12-10-8-6-4-2/h33-35,39-40,45H,3-32,36-38,41-44H2,1-2H3. The van der Waals surface area contributed by atoms with Crippen molar-refractivity contribution in [1.29, 1.82) is 0 Å². The molecule has 50 heavy (non-hydrogen) atoms. The lowest BCUT2D eigenvalue weighted by Gasteiger charge is -2.08. The summed E-state index contributed by atoms with van der Waals surface area (Å²) in [5, 5.41) is 0. The highest BCUT2D eigenvalue weighted by Gasteiger charge is 2.09. The van der Waals surface area contributed by atoms with Crippen molar-refractivity contribution in [2.24, 2.45) is 0 Å². The average molecular weight is 691 g/mol. The molecule has 2 heteroatoms. The highest BCUT2D eigenvalue weighted by atomic mass is 15.1. The summed E-state index contributed by atoms with van der Waals surface area (Å²) in [5.74, 6) is 1.37. The number of aryl methyl sites for hydroxylation is 4. The van der Waals surface area contributed by atoms with Crippen LogP contribution in [0.15, 0.2) is 36.5 Å². The van der Waals surface area contributed by atoms with Gasteiger partial charge in [-0.3, -0.25) is 0 Å². The molecule has 0 bridgehead atoms. The molecule has 1 aromatic heterocycles. The molecule has 2 rings (SSSR count). The third kappa shape index (κ3) is 26.2. The van der Waals surface area contributed by atoms with Crippen LogP contribution in [0, 0.1) is 0 Å². The van der Waals surface area contributed by atoms with Gasteiger partial charge < -0.3 is 4.57 Å². The van der Waals surface area contributed by atoms with Crippen LogP contribution in [0.2, 0.25) is 0 Å². The zero-order valence-electron chi connectivity index (χ0n) is 34.0. The summed E-state index contributed by atoms with van der Waals surface area (Å²) in [6.45, 7) is 5.78. The topological polar surface area (TPSA) is 17.8 Å². The van der Waals surface area contributed by atoms with Crippen LogP contribution >= 0.6 is 0 Å². The van der Waals surface area contributed by atoms with E-state index in [0.29, 0.717) is 0 Å². The monoisotopic (exact) mass is 691 g/mol. The van der Waals surface area contributed by atoms with Gasteiger partial charge in [0.1, 0.15) is 5.82 Å². The van der Waals surface area contributed by atoms with Crippen molar-refractivity contribution in [3.63, 3.8) is 0 Å². The first-order valence-corrected chi connectivity index (χ1v) is 22.9. The van der Waals surface area contributed by atoms with Gasteiger partial charge in [-0.15, -0.1) is 0 Å². The predicted molar refractivity (Wildman–Crippen MR) is 223 cm³/mol. The van der Waals surface area contributed by atoms with Gasteiger partial charge in [0.2, 0.25) is 0 Å². The number of unbranched alkanes of at least 4 members (excludes halogenated alkanes) is 30. The molecule has 0 saturated heterocycles. The molecule has 0 fully saturated rings. The van der Waals surface area contributed by atoms with E-state index < -0.39 is 0 Å². The van der Waals surface area contributed by atoms with Gasteiger partial charge in [0.05, 0.1) is 5.69 Å². The maximum absolute atomic E-state index is 5.20. The van der Waals surface area contributed by atoms with E-state index in [9.17, 15) is 0 Å². The van der Waals surface area contributed by atoms with E-state index in [1.807, 2.05) is 0 Å². The molecule has 0 atom stereocenters. The zero-order chi connectivity index (χ0) is 35.4. The van der Waals surface area contributed by atoms with Crippen molar-refractivity contribution >= 4 is 0 Å². The molecular formula is C48H86N2. The quantitative estimate of drug-likeness (QED) is 0.0641. The molecular weight excluding hydrogens is 605 g/mol. The molecule has 0 unspecified atom stereocenters. The van der Waals surface area contributed by atoms with Gasteiger partial charge in [0.15, 0.2) is 0 Å². The summed E-state index contributed by atoms with van der Waals surface area (Å²) < 4.78 is 2.55. The molecule has 0 aliphatic rings. The van der Waals surface area contributed by atoms with Crippen LogP contribution in [0.5, 0.6) is 0 Å². The van der Waals surface area contributed by atoms with Gasteiger partial charge in [-0.05, 0) is 37.7 Å². The van der Waals surface area contributed by atoms with Crippen LogP contribution in [-0.4, -0.2) is 9.55 Å².